The Morgan fingerprint density at radius 2 is 1.50 bits per heavy atom. The van der Waals surface area contributed by atoms with Crippen molar-refractivity contribution >= 4 is 0 Å². The molecule has 1 heteroatoms. The first-order valence-electron chi connectivity index (χ1n) is 6.23. The Kier molecular flexibility index (Phi) is 4.85. The molecule has 0 radical (unpaired) electrons. The molecule has 0 aromatic heterocycles. The molecule has 0 aliphatic rings. The highest BCUT2D eigenvalue weighted by atomic mass is 16.5. The third kappa shape index (κ3) is 3.88. The SMILES string of the molecule is CC(C)COc1ccc(C(C)C(C)C)cc1. The predicted molar refractivity (Wildman–Crippen MR) is 70.0 cm³/mol. The number of ether oxygens (including phenoxy) is 1. The molecule has 1 rings (SSSR count). The van der Waals surface area contributed by atoms with Gasteiger partial charge in [-0.1, -0.05) is 46.8 Å². The molecule has 0 bridgehead atoms. The molecule has 0 aliphatic heterocycles. The lowest BCUT2D eigenvalue weighted by molar-refractivity contribution is 0.271. The minimum atomic E-state index is 0.578. The standard InChI is InChI=1S/C15H24O/c1-11(2)10-16-15-8-6-14(7-9-15)13(5)12(3)4/h6-9,11-13H,10H2,1-5H3. The first-order chi connectivity index (χ1) is 7.50. The Morgan fingerprint density at radius 1 is 0.938 bits per heavy atom. The maximum atomic E-state index is 5.66. The second-order valence-electron chi connectivity index (χ2n) is 5.31. The monoisotopic (exact) mass is 220 g/mol. The van der Waals surface area contributed by atoms with Gasteiger partial charge in [0.2, 0.25) is 0 Å². The van der Waals surface area contributed by atoms with Crippen molar-refractivity contribution in [2.75, 3.05) is 6.61 Å². The summed E-state index contributed by atoms with van der Waals surface area (Å²) in [6.45, 7) is 11.9. The van der Waals surface area contributed by atoms with Gasteiger partial charge in [-0.2, -0.15) is 0 Å². The third-order valence-electron chi connectivity index (χ3n) is 2.99. The third-order valence-corrected chi connectivity index (χ3v) is 2.99. The van der Waals surface area contributed by atoms with Gasteiger partial charge in [-0.25, -0.2) is 0 Å². The van der Waals surface area contributed by atoms with Gasteiger partial charge in [-0.3, -0.25) is 0 Å². The molecule has 1 atom stereocenters. The highest BCUT2D eigenvalue weighted by Gasteiger charge is 2.09. The van der Waals surface area contributed by atoms with Crippen LogP contribution in [0.25, 0.3) is 0 Å². The summed E-state index contributed by atoms with van der Waals surface area (Å²) in [5, 5.41) is 0. The summed E-state index contributed by atoms with van der Waals surface area (Å²) in [6.07, 6.45) is 0. The normalized spacial score (nSPS) is 13.2. The fraction of sp³-hybridized carbons (Fsp3) is 0.600. The van der Waals surface area contributed by atoms with Crippen molar-refractivity contribution in [1.82, 2.24) is 0 Å². The first kappa shape index (κ1) is 13.1. The Hall–Kier alpha value is -0.980. The maximum Gasteiger partial charge on any atom is 0.119 e. The van der Waals surface area contributed by atoms with Crippen LogP contribution in [0.3, 0.4) is 0 Å². The van der Waals surface area contributed by atoms with Crippen LogP contribution in [0.2, 0.25) is 0 Å². The number of hydrogen-bond acceptors (Lipinski definition) is 1. The Balaban J connectivity index is 2.61. The highest BCUT2D eigenvalue weighted by Crippen LogP contribution is 2.25. The van der Waals surface area contributed by atoms with Crippen LogP contribution in [0, 0.1) is 11.8 Å². The van der Waals surface area contributed by atoms with Gasteiger partial charge < -0.3 is 4.74 Å². The molecule has 1 aromatic carbocycles. The Bertz CT molecular complexity index is 298. The second-order valence-corrected chi connectivity index (χ2v) is 5.31. The van der Waals surface area contributed by atoms with Crippen molar-refractivity contribution in [2.24, 2.45) is 11.8 Å². The molecule has 1 unspecified atom stereocenters. The zero-order valence-corrected chi connectivity index (χ0v) is 11.2. The number of hydrogen-bond donors (Lipinski definition) is 0. The molecule has 0 N–H and O–H groups in total. The molecule has 0 fully saturated rings. The van der Waals surface area contributed by atoms with E-state index in [2.05, 4.69) is 58.9 Å². The topological polar surface area (TPSA) is 9.23 Å². The zero-order chi connectivity index (χ0) is 12.1. The van der Waals surface area contributed by atoms with E-state index in [1.807, 2.05) is 0 Å². The highest BCUT2D eigenvalue weighted by molar-refractivity contribution is 5.29. The van der Waals surface area contributed by atoms with Crippen molar-refractivity contribution < 1.29 is 4.74 Å². The summed E-state index contributed by atoms with van der Waals surface area (Å²) < 4.78 is 5.66. The molecular weight excluding hydrogens is 196 g/mol. The van der Waals surface area contributed by atoms with Crippen molar-refractivity contribution in [2.45, 2.75) is 40.5 Å². The van der Waals surface area contributed by atoms with Crippen LogP contribution >= 0.6 is 0 Å². The first-order valence-corrected chi connectivity index (χ1v) is 6.23. The average molecular weight is 220 g/mol. The van der Waals surface area contributed by atoms with E-state index in [1.54, 1.807) is 0 Å². The Labute approximate surface area is 99.8 Å². The van der Waals surface area contributed by atoms with Gasteiger partial charge in [-0.05, 0) is 35.4 Å². The summed E-state index contributed by atoms with van der Waals surface area (Å²) in [7, 11) is 0. The number of benzene rings is 1. The largest absolute Gasteiger partial charge is 0.493 e. The summed E-state index contributed by atoms with van der Waals surface area (Å²) >= 11 is 0. The summed E-state index contributed by atoms with van der Waals surface area (Å²) in [6, 6.07) is 8.52. The van der Waals surface area contributed by atoms with E-state index >= 15 is 0 Å². The fourth-order valence-corrected chi connectivity index (χ4v) is 1.52. The molecule has 0 saturated heterocycles. The van der Waals surface area contributed by atoms with Crippen LogP contribution in [0.5, 0.6) is 5.75 Å². The van der Waals surface area contributed by atoms with E-state index in [-0.39, 0.29) is 0 Å². The predicted octanol–water partition coefficient (Wildman–Crippen LogP) is 4.48. The van der Waals surface area contributed by atoms with E-state index in [4.69, 9.17) is 4.74 Å². The van der Waals surface area contributed by atoms with Gasteiger partial charge in [0, 0.05) is 0 Å². The van der Waals surface area contributed by atoms with Crippen LogP contribution in [-0.4, -0.2) is 6.61 Å². The smallest absolute Gasteiger partial charge is 0.119 e. The number of rotatable bonds is 5. The maximum absolute atomic E-state index is 5.66. The van der Waals surface area contributed by atoms with E-state index < -0.39 is 0 Å². The van der Waals surface area contributed by atoms with Crippen molar-refractivity contribution in [1.29, 1.82) is 0 Å². The molecule has 0 amide bonds. The molecule has 0 heterocycles. The summed E-state index contributed by atoms with van der Waals surface area (Å²) in [5.74, 6) is 2.85. The molecule has 1 aromatic rings. The van der Waals surface area contributed by atoms with Gasteiger partial charge in [0.1, 0.15) is 5.75 Å². The van der Waals surface area contributed by atoms with Crippen molar-refractivity contribution in [3.05, 3.63) is 29.8 Å². The lowest BCUT2D eigenvalue weighted by Gasteiger charge is -2.16. The van der Waals surface area contributed by atoms with Crippen LogP contribution in [0.15, 0.2) is 24.3 Å². The van der Waals surface area contributed by atoms with E-state index in [0.29, 0.717) is 17.8 Å². The van der Waals surface area contributed by atoms with Crippen molar-refractivity contribution in [3.63, 3.8) is 0 Å². The zero-order valence-electron chi connectivity index (χ0n) is 11.2. The molecule has 0 spiro atoms. The van der Waals surface area contributed by atoms with Gasteiger partial charge in [0.15, 0.2) is 0 Å². The lowest BCUT2D eigenvalue weighted by Crippen LogP contribution is -2.05. The molecule has 90 valence electrons. The van der Waals surface area contributed by atoms with E-state index in [9.17, 15) is 0 Å². The molecule has 16 heavy (non-hydrogen) atoms. The summed E-state index contributed by atoms with van der Waals surface area (Å²) in [5.41, 5.74) is 1.40. The lowest BCUT2D eigenvalue weighted by atomic mass is 9.90. The van der Waals surface area contributed by atoms with E-state index in [1.165, 1.54) is 5.56 Å². The average Bonchev–Trinajstić information content (AvgIpc) is 2.26. The molecular formula is C15H24O. The molecule has 0 aliphatic carbocycles. The Morgan fingerprint density at radius 3 is 1.94 bits per heavy atom. The molecule has 1 nitrogen and oxygen atoms in total. The van der Waals surface area contributed by atoms with Gasteiger partial charge in [0.25, 0.3) is 0 Å². The van der Waals surface area contributed by atoms with Gasteiger partial charge in [-0.15, -0.1) is 0 Å². The van der Waals surface area contributed by atoms with Crippen molar-refractivity contribution in [3.8, 4) is 5.75 Å². The fourth-order valence-electron chi connectivity index (χ4n) is 1.52. The van der Waals surface area contributed by atoms with Gasteiger partial charge >= 0.3 is 0 Å². The van der Waals surface area contributed by atoms with Crippen LogP contribution in [-0.2, 0) is 0 Å². The quantitative estimate of drug-likeness (QED) is 0.711. The van der Waals surface area contributed by atoms with Crippen LogP contribution in [0.4, 0.5) is 0 Å². The van der Waals surface area contributed by atoms with Crippen LogP contribution in [0.1, 0.15) is 46.1 Å². The van der Waals surface area contributed by atoms with E-state index in [0.717, 1.165) is 12.4 Å². The minimum Gasteiger partial charge on any atom is -0.493 e. The van der Waals surface area contributed by atoms with Crippen LogP contribution < -0.4 is 4.74 Å². The molecule has 0 saturated carbocycles. The minimum absolute atomic E-state index is 0.578. The van der Waals surface area contributed by atoms with Gasteiger partial charge in [0.05, 0.1) is 6.61 Å². The summed E-state index contributed by atoms with van der Waals surface area (Å²) in [4.78, 5) is 0. The second kappa shape index (κ2) is 5.93.